The summed E-state index contributed by atoms with van der Waals surface area (Å²) in [6.45, 7) is 0. The second-order valence-corrected chi connectivity index (χ2v) is 2.80. The second-order valence-electron chi connectivity index (χ2n) is 1.95. The zero-order valence-corrected chi connectivity index (χ0v) is 6.41. The molecule has 2 unspecified atom stereocenters. The molecule has 54 valence electrons. The van der Waals surface area contributed by atoms with Gasteiger partial charge in [0.15, 0.2) is 0 Å². The lowest BCUT2D eigenvalue weighted by Crippen LogP contribution is -2.27. The Morgan fingerprint density at radius 2 is 1.70 bits per heavy atom. The topological polar surface area (TPSA) is 57.5 Å². The van der Waals surface area contributed by atoms with E-state index in [4.69, 9.17) is 10.2 Å². The van der Waals surface area contributed by atoms with Crippen LogP contribution in [0.25, 0.3) is 0 Å². The zero-order valence-electron chi connectivity index (χ0n) is 4.77. The summed E-state index contributed by atoms with van der Waals surface area (Å²) in [7, 11) is 0. The molecule has 0 aliphatic heterocycles. The predicted octanol–water partition coefficient (Wildman–Crippen LogP) is -0.969. The van der Waals surface area contributed by atoms with Crippen LogP contribution in [0.5, 0.6) is 0 Å². The molecular weight excluding hydrogens is 172 g/mol. The molecule has 1 fully saturated rings. The van der Waals surface area contributed by atoms with Crippen molar-refractivity contribution in [1.82, 2.24) is 0 Å². The number of thiocarbonyl (C=S) groups is 2. The van der Waals surface area contributed by atoms with Crippen LogP contribution < -0.4 is 0 Å². The monoisotopic (exact) mass is 176 g/mol. The Balaban J connectivity index is 3.00. The molecule has 0 bridgehead atoms. The van der Waals surface area contributed by atoms with Gasteiger partial charge in [0.05, 0.1) is 4.86 Å². The molecule has 0 radical (unpaired) electrons. The first-order valence-corrected chi connectivity index (χ1v) is 3.36. The summed E-state index contributed by atoms with van der Waals surface area (Å²) >= 11 is 9.05. The van der Waals surface area contributed by atoms with E-state index in [9.17, 15) is 4.79 Å². The van der Waals surface area contributed by atoms with Crippen molar-refractivity contribution in [1.29, 1.82) is 0 Å². The standard InChI is InChI=1S/C5H4O3S2/c6-1-2(7)4(9)5(10)3(1)8/h1-2,6-7H. The Morgan fingerprint density at radius 1 is 1.20 bits per heavy atom. The van der Waals surface area contributed by atoms with Crippen LogP contribution in [0.4, 0.5) is 0 Å². The first-order valence-electron chi connectivity index (χ1n) is 2.54. The third-order valence-corrected chi connectivity index (χ3v) is 2.28. The molecule has 1 saturated carbocycles. The molecule has 10 heavy (non-hydrogen) atoms. The maximum atomic E-state index is 10.7. The summed E-state index contributed by atoms with van der Waals surface area (Å²) in [5, 5.41) is 17.7. The van der Waals surface area contributed by atoms with Gasteiger partial charge in [-0.2, -0.15) is 0 Å². The number of ketones is 1. The lowest BCUT2D eigenvalue weighted by atomic mass is 10.3. The van der Waals surface area contributed by atoms with Gasteiger partial charge in [-0.1, -0.05) is 24.4 Å². The minimum Gasteiger partial charge on any atom is -0.384 e. The van der Waals surface area contributed by atoms with Gasteiger partial charge >= 0.3 is 0 Å². The van der Waals surface area contributed by atoms with Crippen LogP contribution in [0.15, 0.2) is 0 Å². The number of rotatable bonds is 0. The Labute approximate surface area is 67.7 Å². The van der Waals surface area contributed by atoms with Crippen molar-refractivity contribution in [2.24, 2.45) is 0 Å². The van der Waals surface area contributed by atoms with Gasteiger partial charge in [0.2, 0.25) is 5.78 Å². The molecule has 0 aromatic carbocycles. The Bertz CT molecular complexity index is 201. The predicted molar refractivity (Wildman–Crippen MR) is 42.2 cm³/mol. The van der Waals surface area contributed by atoms with Crippen molar-refractivity contribution in [3.8, 4) is 0 Å². The van der Waals surface area contributed by atoms with Gasteiger partial charge in [-0.05, 0) is 0 Å². The van der Waals surface area contributed by atoms with E-state index in [0.717, 1.165) is 0 Å². The van der Waals surface area contributed by atoms with E-state index in [2.05, 4.69) is 24.4 Å². The number of aliphatic hydroxyl groups excluding tert-OH is 2. The molecule has 1 aliphatic carbocycles. The molecule has 0 saturated heterocycles. The van der Waals surface area contributed by atoms with Crippen molar-refractivity contribution in [2.45, 2.75) is 12.2 Å². The average Bonchev–Trinajstić information content (AvgIpc) is 2.07. The van der Waals surface area contributed by atoms with Crippen molar-refractivity contribution in [3.05, 3.63) is 0 Å². The van der Waals surface area contributed by atoms with Gasteiger partial charge in [-0.15, -0.1) is 0 Å². The normalized spacial score (nSPS) is 33.6. The lowest BCUT2D eigenvalue weighted by Gasteiger charge is -2.01. The molecule has 2 atom stereocenters. The van der Waals surface area contributed by atoms with Crippen LogP contribution in [0, 0.1) is 0 Å². The van der Waals surface area contributed by atoms with Crippen LogP contribution in [-0.4, -0.2) is 37.9 Å². The second kappa shape index (κ2) is 2.43. The smallest absolute Gasteiger partial charge is 0.206 e. The van der Waals surface area contributed by atoms with Gasteiger partial charge < -0.3 is 10.2 Å². The summed E-state index contributed by atoms with van der Waals surface area (Å²) in [5.41, 5.74) is 0. The van der Waals surface area contributed by atoms with Gasteiger partial charge in [0, 0.05) is 0 Å². The molecule has 0 amide bonds. The molecule has 3 nitrogen and oxygen atoms in total. The Kier molecular flexibility index (Phi) is 1.91. The number of carbonyl (C=O) groups is 1. The molecule has 0 heterocycles. The van der Waals surface area contributed by atoms with Crippen molar-refractivity contribution in [2.75, 3.05) is 0 Å². The van der Waals surface area contributed by atoms with E-state index in [0.29, 0.717) is 0 Å². The van der Waals surface area contributed by atoms with E-state index in [1.807, 2.05) is 0 Å². The third kappa shape index (κ3) is 0.911. The highest BCUT2D eigenvalue weighted by Gasteiger charge is 2.40. The number of Topliss-reactive ketones (excluding diaryl/α,β-unsaturated/α-hetero) is 1. The average molecular weight is 176 g/mol. The molecule has 1 rings (SSSR count). The first kappa shape index (κ1) is 7.87. The number of aliphatic hydroxyl groups is 2. The molecule has 5 heteroatoms. The molecular formula is C5H4O3S2. The summed E-state index contributed by atoms with van der Waals surface area (Å²) in [6, 6.07) is 0. The van der Waals surface area contributed by atoms with Gasteiger partial charge in [-0.3, -0.25) is 4.79 Å². The van der Waals surface area contributed by atoms with Crippen LogP contribution in [0.1, 0.15) is 0 Å². The summed E-state index contributed by atoms with van der Waals surface area (Å²) in [6.07, 6.45) is -2.70. The van der Waals surface area contributed by atoms with E-state index in [-0.39, 0.29) is 9.73 Å². The van der Waals surface area contributed by atoms with Crippen LogP contribution in [-0.2, 0) is 4.79 Å². The quantitative estimate of drug-likeness (QED) is 0.465. The van der Waals surface area contributed by atoms with Crippen molar-refractivity contribution in [3.63, 3.8) is 0 Å². The maximum Gasteiger partial charge on any atom is 0.206 e. The number of carbonyl (C=O) groups excluding carboxylic acids is 1. The van der Waals surface area contributed by atoms with Gasteiger partial charge in [0.1, 0.15) is 17.1 Å². The summed E-state index contributed by atoms with van der Waals surface area (Å²) in [5.74, 6) is -0.646. The van der Waals surface area contributed by atoms with E-state index >= 15 is 0 Å². The molecule has 0 aromatic rings. The minimum absolute atomic E-state index is 0.0208. The van der Waals surface area contributed by atoms with E-state index in [1.165, 1.54) is 0 Å². The van der Waals surface area contributed by atoms with E-state index in [1.54, 1.807) is 0 Å². The highest BCUT2D eigenvalue weighted by molar-refractivity contribution is 7.91. The fourth-order valence-corrected chi connectivity index (χ4v) is 1.15. The highest BCUT2D eigenvalue weighted by atomic mass is 32.1. The van der Waals surface area contributed by atoms with Crippen LogP contribution in [0.2, 0.25) is 0 Å². The third-order valence-electron chi connectivity index (χ3n) is 1.28. The number of hydrogen-bond donors (Lipinski definition) is 2. The SMILES string of the molecule is O=C1C(=S)C(=S)C(O)C1O. The number of hydrogen-bond acceptors (Lipinski definition) is 5. The molecule has 0 aromatic heterocycles. The van der Waals surface area contributed by atoms with E-state index < -0.39 is 18.0 Å². The van der Waals surface area contributed by atoms with Gasteiger partial charge in [-0.25, -0.2) is 0 Å². The maximum absolute atomic E-state index is 10.7. The van der Waals surface area contributed by atoms with Crippen LogP contribution >= 0.6 is 24.4 Å². The molecule has 1 aliphatic rings. The van der Waals surface area contributed by atoms with Gasteiger partial charge in [0.25, 0.3) is 0 Å². The Hall–Kier alpha value is -0.230. The Morgan fingerprint density at radius 3 is 1.80 bits per heavy atom. The summed E-state index contributed by atoms with van der Waals surface area (Å²) < 4.78 is 0. The largest absolute Gasteiger partial charge is 0.384 e. The van der Waals surface area contributed by atoms with Crippen LogP contribution in [0.3, 0.4) is 0 Å². The minimum atomic E-state index is -1.43. The first-order chi connectivity index (χ1) is 4.55. The fourth-order valence-electron chi connectivity index (χ4n) is 0.677. The molecule has 0 spiro atoms. The fraction of sp³-hybridized carbons (Fsp3) is 0.400. The highest BCUT2D eigenvalue weighted by Crippen LogP contribution is 2.11. The zero-order chi connectivity index (χ0) is 7.89. The molecule has 2 N–H and O–H groups in total. The lowest BCUT2D eigenvalue weighted by molar-refractivity contribution is -0.122. The van der Waals surface area contributed by atoms with Crippen molar-refractivity contribution < 1.29 is 15.0 Å². The summed E-state index contributed by atoms with van der Waals surface area (Å²) in [4.78, 5) is 10.6. The van der Waals surface area contributed by atoms with Crippen molar-refractivity contribution >= 4 is 39.9 Å².